The Bertz CT molecular complexity index is 980. The van der Waals surface area contributed by atoms with Crippen LogP contribution in [0.25, 0.3) is 10.9 Å². The van der Waals surface area contributed by atoms with Crippen molar-refractivity contribution >= 4 is 16.8 Å². The summed E-state index contributed by atoms with van der Waals surface area (Å²) < 4.78 is 18.9. The average molecular weight is 354 g/mol. The predicted octanol–water partition coefficient (Wildman–Crippen LogP) is 3.74. The Balaban J connectivity index is 1.77. The molecule has 3 heterocycles. The third kappa shape index (κ3) is 2.94. The van der Waals surface area contributed by atoms with Crippen LogP contribution in [0.5, 0.6) is 0 Å². The standard InChI is InChI=1S/C19H19FN4O2/c1-11-9-15(14-7-6-13(20)10-16(14)21-11)19(25)24-8-4-3-5-17(24)18-22-12(2)23-26-18/h6-7,9-10,17H,3-5,8H2,1-2H3. The molecule has 0 spiro atoms. The molecule has 6 nitrogen and oxygen atoms in total. The summed E-state index contributed by atoms with van der Waals surface area (Å²) in [5.74, 6) is 0.536. The SMILES string of the molecule is Cc1cc(C(=O)N2CCCCC2c2nc(C)no2)c2ccc(F)cc2n1. The first kappa shape index (κ1) is 16.6. The van der Waals surface area contributed by atoms with E-state index in [0.29, 0.717) is 40.4 Å². The monoisotopic (exact) mass is 354 g/mol. The predicted molar refractivity (Wildman–Crippen MR) is 93.1 cm³/mol. The molecular formula is C19H19FN4O2. The van der Waals surface area contributed by atoms with Gasteiger partial charge >= 0.3 is 0 Å². The summed E-state index contributed by atoms with van der Waals surface area (Å²) in [5.41, 5.74) is 1.68. The Morgan fingerprint density at radius 3 is 2.85 bits per heavy atom. The summed E-state index contributed by atoms with van der Waals surface area (Å²) >= 11 is 0. The van der Waals surface area contributed by atoms with Crippen LogP contribution in [0, 0.1) is 19.7 Å². The normalized spacial score (nSPS) is 17.7. The van der Waals surface area contributed by atoms with Crippen LogP contribution in [0.15, 0.2) is 28.8 Å². The van der Waals surface area contributed by atoms with Gasteiger partial charge in [-0.25, -0.2) is 4.39 Å². The number of piperidine rings is 1. The second-order valence-corrected chi connectivity index (χ2v) is 6.66. The number of amides is 1. The maximum atomic E-state index is 13.6. The van der Waals surface area contributed by atoms with Crippen molar-refractivity contribution in [3.05, 3.63) is 53.1 Å². The summed E-state index contributed by atoms with van der Waals surface area (Å²) in [6, 6.07) is 5.84. The van der Waals surface area contributed by atoms with Gasteiger partial charge in [0.05, 0.1) is 11.1 Å². The number of halogens is 1. The smallest absolute Gasteiger partial charge is 0.255 e. The first-order valence-electron chi connectivity index (χ1n) is 8.71. The molecule has 0 aliphatic carbocycles. The van der Waals surface area contributed by atoms with Crippen LogP contribution in [0.1, 0.15) is 53.1 Å². The number of benzene rings is 1. The molecule has 1 aliphatic rings. The zero-order chi connectivity index (χ0) is 18.3. The van der Waals surface area contributed by atoms with Gasteiger partial charge in [-0.15, -0.1) is 0 Å². The lowest BCUT2D eigenvalue weighted by Crippen LogP contribution is -2.38. The number of carbonyl (C=O) groups is 1. The molecule has 1 atom stereocenters. The first-order chi connectivity index (χ1) is 12.5. The number of aromatic nitrogens is 3. The van der Waals surface area contributed by atoms with Gasteiger partial charge in [-0.05, 0) is 51.3 Å². The van der Waals surface area contributed by atoms with Crippen molar-refractivity contribution < 1.29 is 13.7 Å². The zero-order valence-corrected chi connectivity index (χ0v) is 14.7. The fraction of sp³-hybridized carbons (Fsp3) is 0.368. The van der Waals surface area contributed by atoms with Crippen LogP contribution >= 0.6 is 0 Å². The van der Waals surface area contributed by atoms with Gasteiger partial charge in [-0.1, -0.05) is 5.16 Å². The number of carbonyl (C=O) groups excluding carboxylic acids is 1. The molecule has 1 aromatic carbocycles. The van der Waals surface area contributed by atoms with Gasteiger partial charge in [0.25, 0.3) is 5.91 Å². The van der Waals surface area contributed by atoms with Crippen LogP contribution in [0.3, 0.4) is 0 Å². The maximum absolute atomic E-state index is 13.6. The molecule has 0 bridgehead atoms. The Kier molecular flexibility index (Phi) is 4.14. The summed E-state index contributed by atoms with van der Waals surface area (Å²) in [4.78, 5) is 23.8. The molecule has 4 rings (SSSR count). The van der Waals surface area contributed by atoms with Crippen molar-refractivity contribution in [1.82, 2.24) is 20.0 Å². The number of nitrogens with zero attached hydrogens (tertiary/aromatic N) is 4. The fourth-order valence-electron chi connectivity index (χ4n) is 3.55. The number of likely N-dealkylation sites (tertiary alicyclic amines) is 1. The Morgan fingerprint density at radius 2 is 2.08 bits per heavy atom. The van der Waals surface area contributed by atoms with Crippen molar-refractivity contribution in [3.8, 4) is 0 Å². The zero-order valence-electron chi connectivity index (χ0n) is 14.7. The van der Waals surface area contributed by atoms with Crippen molar-refractivity contribution in [2.24, 2.45) is 0 Å². The van der Waals surface area contributed by atoms with E-state index in [9.17, 15) is 9.18 Å². The topological polar surface area (TPSA) is 72.1 Å². The van der Waals surface area contributed by atoms with E-state index in [0.717, 1.165) is 19.3 Å². The van der Waals surface area contributed by atoms with Crippen molar-refractivity contribution in [3.63, 3.8) is 0 Å². The van der Waals surface area contributed by atoms with Crippen molar-refractivity contribution in [2.45, 2.75) is 39.2 Å². The van der Waals surface area contributed by atoms with Gasteiger partial charge in [0.2, 0.25) is 5.89 Å². The molecule has 1 aliphatic heterocycles. The highest BCUT2D eigenvalue weighted by Crippen LogP contribution is 2.32. The lowest BCUT2D eigenvalue weighted by Gasteiger charge is -2.33. The molecule has 1 fully saturated rings. The molecule has 0 N–H and O–H groups in total. The summed E-state index contributed by atoms with van der Waals surface area (Å²) in [6.07, 6.45) is 2.70. The molecule has 26 heavy (non-hydrogen) atoms. The number of aryl methyl sites for hydroxylation is 2. The van der Waals surface area contributed by atoms with E-state index >= 15 is 0 Å². The molecule has 0 saturated carbocycles. The fourth-order valence-corrected chi connectivity index (χ4v) is 3.55. The minimum Gasteiger partial charge on any atom is -0.337 e. The minimum absolute atomic E-state index is 0.118. The molecule has 1 amide bonds. The highest BCUT2D eigenvalue weighted by atomic mass is 19.1. The Hall–Kier alpha value is -2.83. The van der Waals surface area contributed by atoms with Crippen LogP contribution in [0.4, 0.5) is 4.39 Å². The van der Waals surface area contributed by atoms with Gasteiger partial charge < -0.3 is 9.42 Å². The first-order valence-corrected chi connectivity index (χ1v) is 8.71. The summed E-state index contributed by atoms with van der Waals surface area (Å²) in [7, 11) is 0. The van der Waals surface area contributed by atoms with E-state index in [2.05, 4.69) is 15.1 Å². The van der Waals surface area contributed by atoms with Gasteiger partial charge in [-0.3, -0.25) is 9.78 Å². The quantitative estimate of drug-likeness (QED) is 0.701. The van der Waals surface area contributed by atoms with E-state index in [4.69, 9.17) is 4.52 Å². The summed E-state index contributed by atoms with van der Waals surface area (Å²) in [5, 5.41) is 4.50. The summed E-state index contributed by atoms with van der Waals surface area (Å²) in [6.45, 7) is 4.18. The van der Waals surface area contributed by atoms with E-state index in [1.807, 2.05) is 0 Å². The van der Waals surface area contributed by atoms with Crippen LogP contribution in [0.2, 0.25) is 0 Å². The average Bonchev–Trinajstić information content (AvgIpc) is 3.06. The Labute approximate surface area is 150 Å². The van der Waals surface area contributed by atoms with Crippen LogP contribution in [-0.2, 0) is 0 Å². The van der Waals surface area contributed by atoms with E-state index in [1.165, 1.54) is 12.1 Å². The third-order valence-electron chi connectivity index (χ3n) is 4.72. The third-order valence-corrected chi connectivity index (χ3v) is 4.72. The largest absolute Gasteiger partial charge is 0.337 e. The van der Waals surface area contributed by atoms with Gasteiger partial charge in [0.1, 0.15) is 11.9 Å². The lowest BCUT2D eigenvalue weighted by atomic mass is 9.99. The molecule has 134 valence electrons. The van der Waals surface area contributed by atoms with Crippen molar-refractivity contribution in [1.29, 1.82) is 0 Å². The van der Waals surface area contributed by atoms with Crippen molar-refractivity contribution in [2.75, 3.05) is 6.54 Å². The number of hydrogen-bond acceptors (Lipinski definition) is 5. The molecule has 7 heteroatoms. The van der Waals surface area contributed by atoms with Gasteiger partial charge in [-0.2, -0.15) is 4.98 Å². The molecule has 2 aromatic heterocycles. The molecule has 3 aromatic rings. The number of fused-ring (bicyclic) bond motifs is 1. The molecular weight excluding hydrogens is 335 g/mol. The van der Waals surface area contributed by atoms with E-state index < -0.39 is 0 Å². The molecule has 1 unspecified atom stereocenters. The molecule has 0 radical (unpaired) electrons. The highest BCUT2D eigenvalue weighted by molar-refractivity contribution is 6.06. The number of pyridine rings is 1. The maximum Gasteiger partial charge on any atom is 0.255 e. The Morgan fingerprint density at radius 1 is 1.23 bits per heavy atom. The number of hydrogen-bond donors (Lipinski definition) is 0. The van der Waals surface area contributed by atoms with Crippen LogP contribution in [-0.4, -0.2) is 32.5 Å². The second-order valence-electron chi connectivity index (χ2n) is 6.66. The van der Waals surface area contributed by atoms with E-state index in [1.54, 1.807) is 30.9 Å². The van der Waals surface area contributed by atoms with E-state index in [-0.39, 0.29) is 17.8 Å². The second kappa shape index (κ2) is 6.48. The molecule has 1 saturated heterocycles. The van der Waals surface area contributed by atoms with Gasteiger partial charge in [0, 0.05) is 23.7 Å². The van der Waals surface area contributed by atoms with Gasteiger partial charge in [0.15, 0.2) is 5.82 Å². The minimum atomic E-state index is -0.369. The lowest BCUT2D eigenvalue weighted by molar-refractivity contribution is 0.0563. The number of rotatable bonds is 2. The van der Waals surface area contributed by atoms with Crippen LogP contribution < -0.4 is 0 Å². The highest BCUT2D eigenvalue weighted by Gasteiger charge is 2.33.